The Morgan fingerprint density at radius 1 is 1.05 bits per heavy atom. The van der Waals surface area contributed by atoms with Gasteiger partial charge in [0.2, 0.25) is 0 Å². The molecule has 0 spiro atoms. The van der Waals surface area contributed by atoms with Gasteiger partial charge in [-0.15, -0.1) is 0 Å². The van der Waals surface area contributed by atoms with Gasteiger partial charge in [0.05, 0.1) is 5.69 Å². The zero-order chi connectivity index (χ0) is 14.0. The lowest BCUT2D eigenvalue weighted by Crippen LogP contribution is -2.14. The van der Waals surface area contributed by atoms with Gasteiger partial charge < -0.3 is 5.32 Å². The topological polar surface area (TPSA) is 29.1 Å². The highest BCUT2D eigenvalue weighted by Crippen LogP contribution is 2.25. The van der Waals surface area contributed by atoms with Crippen LogP contribution in [0.25, 0.3) is 0 Å². The van der Waals surface area contributed by atoms with Crippen molar-refractivity contribution in [1.82, 2.24) is 0 Å². The van der Waals surface area contributed by atoms with Crippen LogP contribution in [0.2, 0.25) is 0 Å². The molecule has 0 unspecified atom stereocenters. The molecule has 2 aromatic rings. The normalized spacial score (nSPS) is 10.3. The van der Waals surface area contributed by atoms with Gasteiger partial charge in [-0.3, -0.25) is 4.79 Å². The lowest BCUT2D eigenvalue weighted by Gasteiger charge is -2.11. The van der Waals surface area contributed by atoms with Crippen LogP contribution in [0.1, 0.15) is 21.5 Å². The summed E-state index contributed by atoms with van der Waals surface area (Å²) in [6, 6.07) is 11.5. The molecule has 2 aromatic carbocycles. The predicted octanol–water partition coefficient (Wildman–Crippen LogP) is 5.08. The third-order valence-corrected chi connectivity index (χ3v) is 4.43. The SMILES string of the molecule is Cc1ccc(Br)c(NC(=O)c2cccc(Br)c2C)c1. The number of anilines is 1. The van der Waals surface area contributed by atoms with Gasteiger partial charge >= 0.3 is 0 Å². The van der Waals surface area contributed by atoms with Crippen molar-refractivity contribution in [2.45, 2.75) is 13.8 Å². The van der Waals surface area contributed by atoms with Gasteiger partial charge in [-0.05, 0) is 65.2 Å². The first kappa shape index (κ1) is 14.3. The number of hydrogen-bond acceptors (Lipinski definition) is 1. The van der Waals surface area contributed by atoms with E-state index in [4.69, 9.17) is 0 Å². The Bertz CT molecular complexity index is 638. The van der Waals surface area contributed by atoms with Crippen molar-refractivity contribution in [3.63, 3.8) is 0 Å². The Balaban J connectivity index is 2.31. The molecule has 0 fully saturated rings. The summed E-state index contributed by atoms with van der Waals surface area (Å²) in [5.74, 6) is -0.106. The number of rotatable bonds is 2. The molecule has 0 aromatic heterocycles. The van der Waals surface area contributed by atoms with Crippen LogP contribution in [0.15, 0.2) is 45.3 Å². The second-order valence-corrected chi connectivity index (χ2v) is 6.06. The minimum absolute atomic E-state index is 0.106. The fourth-order valence-corrected chi connectivity index (χ4v) is 2.49. The molecule has 1 N–H and O–H groups in total. The maximum Gasteiger partial charge on any atom is 0.255 e. The van der Waals surface area contributed by atoms with Crippen molar-refractivity contribution in [2.24, 2.45) is 0 Å². The molecule has 0 aliphatic heterocycles. The quantitative estimate of drug-likeness (QED) is 0.770. The zero-order valence-corrected chi connectivity index (χ0v) is 13.8. The fraction of sp³-hybridized carbons (Fsp3) is 0.133. The van der Waals surface area contributed by atoms with E-state index in [0.717, 1.165) is 25.8 Å². The fourth-order valence-electron chi connectivity index (χ4n) is 1.78. The number of carbonyl (C=O) groups excluding carboxylic acids is 1. The van der Waals surface area contributed by atoms with Crippen molar-refractivity contribution in [2.75, 3.05) is 5.32 Å². The first-order valence-corrected chi connectivity index (χ1v) is 7.40. The number of benzene rings is 2. The van der Waals surface area contributed by atoms with Crippen LogP contribution in [0.4, 0.5) is 5.69 Å². The molecule has 0 aliphatic carbocycles. The molecule has 0 aliphatic rings. The summed E-state index contributed by atoms with van der Waals surface area (Å²) in [4.78, 5) is 12.3. The number of carbonyl (C=O) groups is 1. The van der Waals surface area contributed by atoms with E-state index in [1.54, 1.807) is 0 Å². The van der Waals surface area contributed by atoms with Crippen LogP contribution < -0.4 is 5.32 Å². The molecule has 19 heavy (non-hydrogen) atoms. The summed E-state index contributed by atoms with van der Waals surface area (Å²) in [5, 5.41) is 2.93. The summed E-state index contributed by atoms with van der Waals surface area (Å²) in [7, 11) is 0. The lowest BCUT2D eigenvalue weighted by atomic mass is 10.1. The molecule has 2 rings (SSSR count). The van der Waals surface area contributed by atoms with Gasteiger partial charge in [0.1, 0.15) is 0 Å². The molecule has 0 saturated carbocycles. The van der Waals surface area contributed by atoms with Crippen molar-refractivity contribution in [3.05, 3.63) is 62.0 Å². The van der Waals surface area contributed by atoms with Crippen LogP contribution in [0, 0.1) is 13.8 Å². The van der Waals surface area contributed by atoms with Gasteiger partial charge in [0, 0.05) is 14.5 Å². The highest BCUT2D eigenvalue weighted by Gasteiger charge is 2.12. The Kier molecular flexibility index (Phi) is 4.42. The number of halogens is 2. The third kappa shape index (κ3) is 3.25. The highest BCUT2D eigenvalue weighted by molar-refractivity contribution is 9.10. The van der Waals surface area contributed by atoms with Crippen LogP contribution in [0.3, 0.4) is 0 Å². The van der Waals surface area contributed by atoms with Crippen LogP contribution in [-0.2, 0) is 0 Å². The monoisotopic (exact) mass is 381 g/mol. The van der Waals surface area contributed by atoms with Crippen molar-refractivity contribution in [3.8, 4) is 0 Å². The Labute approximate surface area is 129 Å². The number of nitrogens with one attached hydrogen (secondary N) is 1. The first-order valence-electron chi connectivity index (χ1n) is 5.81. The van der Waals surface area contributed by atoms with Crippen molar-refractivity contribution >= 4 is 43.5 Å². The molecule has 2 nitrogen and oxygen atoms in total. The van der Waals surface area contributed by atoms with Crippen LogP contribution in [0.5, 0.6) is 0 Å². The third-order valence-electron chi connectivity index (χ3n) is 2.88. The Morgan fingerprint density at radius 2 is 1.79 bits per heavy atom. The summed E-state index contributed by atoms with van der Waals surface area (Å²) in [6.07, 6.45) is 0. The van der Waals surface area contributed by atoms with Crippen LogP contribution >= 0.6 is 31.9 Å². The predicted molar refractivity (Wildman–Crippen MR) is 85.7 cm³/mol. The lowest BCUT2D eigenvalue weighted by molar-refractivity contribution is 0.102. The second-order valence-electron chi connectivity index (χ2n) is 4.35. The van der Waals surface area contributed by atoms with E-state index < -0.39 is 0 Å². The molecule has 0 saturated heterocycles. The average Bonchev–Trinajstić information content (AvgIpc) is 2.37. The van der Waals surface area contributed by atoms with E-state index in [1.165, 1.54) is 0 Å². The Morgan fingerprint density at radius 3 is 2.53 bits per heavy atom. The molecule has 0 atom stereocenters. The number of hydrogen-bond donors (Lipinski definition) is 1. The van der Waals surface area contributed by atoms with Gasteiger partial charge in [-0.2, -0.15) is 0 Å². The molecule has 4 heteroatoms. The van der Waals surface area contributed by atoms with E-state index in [2.05, 4.69) is 37.2 Å². The van der Waals surface area contributed by atoms with Gasteiger partial charge in [-0.1, -0.05) is 28.1 Å². The van der Waals surface area contributed by atoms with E-state index in [9.17, 15) is 4.79 Å². The van der Waals surface area contributed by atoms with E-state index >= 15 is 0 Å². The minimum atomic E-state index is -0.106. The number of aryl methyl sites for hydroxylation is 1. The molecule has 1 amide bonds. The smallest absolute Gasteiger partial charge is 0.255 e. The van der Waals surface area contributed by atoms with Crippen LogP contribution in [-0.4, -0.2) is 5.91 Å². The molecule has 0 heterocycles. The van der Waals surface area contributed by atoms with Crippen molar-refractivity contribution in [1.29, 1.82) is 0 Å². The van der Waals surface area contributed by atoms with Gasteiger partial charge in [0.15, 0.2) is 0 Å². The molecular weight excluding hydrogens is 370 g/mol. The highest BCUT2D eigenvalue weighted by atomic mass is 79.9. The standard InChI is InChI=1S/C15H13Br2NO/c1-9-6-7-13(17)14(8-9)18-15(19)11-4-3-5-12(16)10(11)2/h3-8H,1-2H3,(H,18,19). The summed E-state index contributed by atoms with van der Waals surface area (Å²) in [5.41, 5.74) is 3.49. The summed E-state index contributed by atoms with van der Waals surface area (Å²) >= 11 is 6.88. The molecule has 98 valence electrons. The van der Waals surface area contributed by atoms with E-state index in [-0.39, 0.29) is 5.91 Å². The molecular formula is C15H13Br2NO. The molecule has 0 bridgehead atoms. The Hall–Kier alpha value is -1.13. The van der Waals surface area contributed by atoms with E-state index in [0.29, 0.717) is 5.56 Å². The summed E-state index contributed by atoms with van der Waals surface area (Å²) < 4.78 is 1.81. The summed E-state index contributed by atoms with van der Waals surface area (Å²) in [6.45, 7) is 3.91. The molecule has 0 radical (unpaired) electrons. The maximum atomic E-state index is 12.3. The zero-order valence-electron chi connectivity index (χ0n) is 10.6. The van der Waals surface area contributed by atoms with Gasteiger partial charge in [0.25, 0.3) is 5.91 Å². The first-order chi connectivity index (χ1) is 8.99. The van der Waals surface area contributed by atoms with E-state index in [1.807, 2.05) is 50.2 Å². The second kappa shape index (κ2) is 5.88. The largest absolute Gasteiger partial charge is 0.321 e. The maximum absolute atomic E-state index is 12.3. The van der Waals surface area contributed by atoms with Crippen molar-refractivity contribution < 1.29 is 4.79 Å². The number of amides is 1. The average molecular weight is 383 g/mol. The van der Waals surface area contributed by atoms with Gasteiger partial charge in [-0.25, -0.2) is 0 Å². The minimum Gasteiger partial charge on any atom is -0.321 e.